The van der Waals surface area contributed by atoms with E-state index in [0.717, 1.165) is 19.5 Å². The molecule has 2 rings (SSSR count). The van der Waals surface area contributed by atoms with Gasteiger partial charge in [0.25, 0.3) is 0 Å². The van der Waals surface area contributed by atoms with Crippen LogP contribution in [0.1, 0.15) is 45.2 Å². The number of hydrogen-bond acceptors (Lipinski definition) is 2. The Morgan fingerprint density at radius 3 is 2.70 bits per heavy atom. The van der Waals surface area contributed by atoms with E-state index in [2.05, 4.69) is 43.4 Å². The van der Waals surface area contributed by atoms with Gasteiger partial charge >= 0.3 is 0 Å². The van der Waals surface area contributed by atoms with Crippen molar-refractivity contribution in [2.24, 2.45) is 5.92 Å². The van der Waals surface area contributed by atoms with Gasteiger partial charge < -0.3 is 10.2 Å². The molecule has 20 heavy (non-hydrogen) atoms. The standard InChI is InChI=1S/C17H26N2O/c1-4-17(20)19-11-10-16(13(2)12-19)18-14(3)15-8-6-5-7-9-15/h5-9,13-14,16,18H,4,10-12H2,1-3H3/t13-,14+,16+/m1/s1. The molecule has 1 heterocycles. The minimum absolute atomic E-state index is 0.284. The zero-order valence-corrected chi connectivity index (χ0v) is 12.8. The van der Waals surface area contributed by atoms with Gasteiger partial charge in [-0.1, -0.05) is 44.2 Å². The summed E-state index contributed by atoms with van der Waals surface area (Å²) in [5.41, 5.74) is 1.33. The molecule has 0 bridgehead atoms. The lowest BCUT2D eigenvalue weighted by Crippen LogP contribution is -2.50. The van der Waals surface area contributed by atoms with Gasteiger partial charge in [0.05, 0.1) is 0 Å². The van der Waals surface area contributed by atoms with E-state index < -0.39 is 0 Å². The van der Waals surface area contributed by atoms with Gasteiger partial charge in [-0.25, -0.2) is 0 Å². The molecule has 1 aromatic carbocycles. The Hall–Kier alpha value is -1.35. The van der Waals surface area contributed by atoms with Gasteiger partial charge in [-0.05, 0) is 24.8 Å². The highest BCUT2D eigenvalue weighted by atomic mass is 16.2. The van der Waals surface area contributed by atoms with Crippen molar-refractivity contribution >= 4 is 5.91 Å². The molecule has 3 atom stereocenters. The van der Waals surface area contributed by atoms with Crippen LogP contribution in [0, 0.1) is 5.92 Å². The van der Waals surface area contributed by atoms with E-state index >= 15 is 0 Å². The maximum Gasteiger partial charge on any atom is 0.222 e. The van der Waals surface area contributed by atoms with E-state index in [1.807, 2.05) is 17.9 Å². The van der Waals surface area contributed by atoms with Crippen LogP contribution in [0.2, 0.25) is 0 Å². The predicted molar refractivity (Wildman–Crippen MR) is 82.4 cm³/mol. The monoisotopic (exact) mass is 274 g/mol. The summed E-state index contributed by atoms with van der Waals surface area (Å²) in [7, 11) is 0. The minimum atomic E-state index is 0.284. The Morgan fingerprint density at radius 1 is 1.40 bits per heavy atom. The normalized spacial score (nSPS) is 24.4. The van der Waals surface area contributed by atoms with Crippen LogP contribution in [0.15, 0.2) is 30.3 Å². The molecule has 0 saturated carbocycles. The molecule has 0 aliphatic carbocycles. The van der Waals surface area contributed by atoms with Crippen LogP contribution in [-0.4, -0.2) is 29.9 Å². The number of nitrogens with zero attached hydrogens (tertiary/aromatic N) is 1. The van der Waals surface area contributed by atoms with Gasteiger partial charge in [0, 0.05) is 31.6 Å². The van der Waals surface area contributed by atoms with Crippen molar-refractivity contribution in [1.82, 2.24) is 10.2 Å². The lowest BCUT2D eigenvalue weighted by atomic mass is 9.92. The molecule has 0 radical (unpaired) electrons. The van der Waals surface area contributed by atoms with Crippen molar-refractivity contribution in [3.05, 3.63) is 35.9 Å². The smallest absolute Gasteiger partial charge is 0.222 e. The first-order valence-electron chi connectivity index (χ1n) is 7.70. The third kappa shape index (κ3) is 3.60. The third-order valence-electron chi connectivity index (χ3n) is 4.32. The van der Waals surface area contributed by atoms with Crippen molar-refractivity contribution < 1.29 is 4.79 Å². The van der Waals surface area contributed by atoms with Crippen molar-refractivity contribution in [3.8, 4) is 0 Å². The van der Waals surface area contributed by atoms with E-state index in [1.54, 1.807) is 0 Å². The van der Waals surface area contributed by atoms with E-state index in [0.29, 0.717) is 24.4 Å². The van der Waals surface area contributed by atoms with Crippen LogP contribution in [0.5, 0.6) is 0 Å². The molecule has 110 valence electrons. The Balaban J connectivity index is 1.90. The summed E-state index contributed by atoms with van der Waals surface area (Å²) >= 11 is 0. The van der Waals surface area contributed by atoms with Crippen LogP contribution in [0.4, 0.5) is 0 Å². The summed E-state index contributed by atoms with van der Waals surface area (Å²) in [6.45, 7) is 8.16. The molecule has 1 aliphatic rings. The summed E-state index contributed by atoms with van der Waals surface area (Å²) in [5, 5.41) is 3.72. The fourth-order valence-corrected chi connectivity index (χ4v) is 3.00. The van der Waals surface area contributed by atoms with E-state index in [9.17, 15) is 4.79 Å². The molecule has 1 amide bonds. The lowest BCUT2D eigenvalue weighted by molar-refractivity contribution is -0.132. The second-order valence-electron chi connectivity index (χ2n) is 5.86. The zero-order chi connectivity index (χ0) is 14.5. The number of nitrogens with one attached hydrogen (secondary N) is 1. The lowest BCUT2D eigenvalue weighted by Gasteiger charge is -2.38. The largest absolute Gasteiger partial charge is 0.342 e. The molecule has 1 aliphatic heterocycles. The van der Waals surface area contributed by atoms with Gasteiger partial charge in [-0.3, -0.25) is 4.79 Å². The third-order valence-corrected chi connectivity index (χ3v) is 4.32. The van der Waals surface area contributed by atoms with E-state index in [1.165, 1.54) is 5.56 Å². The SMILES string of the molecule is CCC(=O)N1CC[C@H](N[C@@H](C)c2ccccc2)[C@H](C)C1. The van der Waals surface area contributed by atoms with E-state index in [-0.39, 0.29) is 5.91 Å². The van der Waals surface area contributed by atoms with Crippen LogP contribution in [0.3, 0.4) is 0 Å². The fraction of sp³-hybridized carbons (Fsp3) is 0.588. The fourth-order valence-electron chi connectivity index (χ4n) is 3.00. The molecular weight excluding hydrogens is 248 g/mol. The summed E-state index contributed by atoms with van der Waals surface area (Å²) < 4.78 is 0. The molecule has 1 N–H and O–H groups in total. The Kier molecular flexibility index (Phi) is 5.18. The van der Waals surface area contributed by atoms with Crippen LogP contribution < -0.4 is 5.32 Å². The Morgan fingerprint density at radius 2 is 2.10 bits per heavy atom. The highest BCUT2D eigenvalue weighted by Crippen LogP contribution is 2.21. The molecule has 1 fully saturated rings. The van der Waals surface area contributed by atoms with Crippen molar-refractivity contribution in [2.75, 3.05) is 13.1 Å². The quantitative estimate of drug-likeness (QED) is 0.915. The number of benzene rings is 1. The number of piperidine rings is 1. The zero-order valence-electron chi connectivity index (χ0n) is 12.8. The molecule has 3 nitrogen and oxygen atoms in total. The van der Waals surface area contributed by atoms with E-state index in [4.69, 9.17) is 0 Å². The second-order valence-corrected chi connectivity index (χ2v) is 5.86. The highest BCUT2D eigenvalue weighted by Gasteiger charge is 2.28. The number of rotatable bonds is 4. The van der Waals surface area contributed by atoms with Crippen LogP contribution >= 0.6 is 0 Å². The van der Waals surface area contributed by atoms with Crippen molar-refractivity contribution in [3.63, 3.8) is 0 Å². The van der Waals surface area contributed by atoms with Crippen LogP contribution in [0.25, 0.3) is 0 Å². The average molecular weight is 274 g/mol. The molecule has 0 spiro atoms. The topological polar surface area (TPSA) is 32.3 Å². The summed E-state index contributed by atoms with van der Waals surface area (Å²) in [4.78, 5) is 13.8. The number of carbonyl (C=O) groups excluding carboxylic acids is 1. The van der Waals surface area contributed by atoms with Crippen LogP contribution in [-0.2, 0) is 4.79 Å². The first-order chi connectivity index (χ1) is 9.61. The van der Waals surface area contributed by atoms with Crippen molar-refractivity contribution in [1.29, 1.82) is 0 Å². The molecule has 1 saturated heterocycles. The molecule has 0 unspecified atom stereocenters. The predicted octanol–water partition coefficient (Wildman–Crippen LogP) is 2.98. The van der Waals surface area contributed by atoms with Gasteiger partial charge in [0.2, 0.25) is 5.91 Å². The second kappa shape index (κ2) is 6.89. The average Bonchev–Trinajstić information content (AvgIpc) is 2.49. The maximum atomic E-state index is 11.8. The van der Waals surface area contributed by atoms with Gasteiger partial charge in [0.1, 0.15) is 0 Å². The molecule has 1 aromatic rings. The number of likely N-dealkylation sites (tertiary alicyclic amines) is 1. The van der Waals surface area contributed by atoms with Gasteiger partial charge in [0.15, 0.2) is 0 Å². The first kappa shape index (κ1) is 15.0. The molecular formula is C17H26N2O. The number of carbonyl (C=O) groups is 1. The summed E-state index contributed by atoms with van der Waals surface area (Å²) in [6.07, 6.45) is 1.66. The Labute approximate surface area is 122 Å². The summed E-state index contributed by atoms with van der Waals surface area (Å²) in [6, 6.07) is 11.4. The van der Waals surface area contributed by atoms with Gasteiger partial charge in [-0.15, -0.1) is 0 Å². The number of hydrogen-bond donors (Lipinski definition) is 1. The molecule has 3 heteroatoms. The minimum Gasteiger partial charge on any atom is -0.342 e. The number of amides is 1. The first-order valence-corrected chi connectivity index (χ1v) is 7.70. The van der Waals surface area contributed by atoms with Crippen molar-refractivity contribution in [2.45, 2.75) is 45.7 Å². The highest BCUT2D eigenvalue weighted by molar-refractivity contribution is 5.75. The summed E-state index contributed by atoms with van der Waals surface area (Å²) in [5.74, 6) is 0.789. The Bertz CT molecular complexity index is 432. The molecule has 0 aromatic heterocycles. The maximum absolute atomic E-state index is 11.8. The van der Waals surface area contributed by atoms with Gasteiger partial charge in [-0.2, -0.15) is 0 Å².